The molecular formula is C20H20N2O3S. The molecule has 2 aromatic carbocycles. The van der Waals surface area contributed by atoms with Crippen molar-refractivity contribution in [2.75, 3.05) is 19.1 Å². The van der Waals surface area contributed by atoms with Gasteiger partial charge < -0.3 is 10.1 Å². The molecule has 2 aromatic rings. The van der Waals surface area contributed by atoms with Crippen molar-refractivity contribution in [2.45, 2.75) is 13.8 Å². The Bertz CT molecular complexity index is 875. The molecular weight excluding hydrogens is 348 g/mol. The van der Waals surface area contributed by atoms with Gasteiger partial charge in [0.25, 0.3) is 11.1 Å². The Morgan fingerprint density at radius 2 is 1.85 bits per heavy atom. The van der Waals surface area contributed by atoms with E-state index in [1.54, 1.807) is 13.2 Å². The number of imide groups is 1. The van der Waals surface area contributed by atoms with Gasteiger partial charge in [0.2, 0.25) is 0 Å². The smallest absolute Gasteiger partial charge is 0.295 e. The molecule has 1 heterocycles. The van der Waals surface area contributed by atoms with E-state index in [9.17, 15) is 9.59 Å². The van der Waals surface area contributed by atoms with Gasteiger partial charge in [-0.2, -0.15) is 0 Å². The highest BCUT2D eigenvalue weighted by Crippen LogP contribution is 2.32. The van der Waals surface area contributed by atoms with Gasteiger partial charge in [-0.15, -0.1) is 0 Å². The number of nitrogens with zero attached hydrogens (tertiary/aromatic N) is 1. The number of benzene rings is 2. The highest BCUT2D eigenvalue weighted by molar-refractivity contribution is 8.18. The maximum Gasteiger partial charge on any atom is 0.295 e. The van der Waals surface area contributed by atoms with E-state index in [1.807, 2.05) is 50.2 Å². The lowest BCUT2D eigenvalue weighted by Crippen LogP contribution is -2.33. The molecule has 0 bridgehead atoms. The first kappa shape index (κ1) is 18.1. The third-order valence-electron chi connectivity index (χ3n) is 4.10. The first-order valence-electron chi connectivity index (χ1n) is 8.18. The number of rotatable bonds is 5. The second kappa shape index (κ2) is 7.66. The van der Waals surface area contributed by atoms with E-state index < -0.39 is 0 Å². The number of methoxy groups -OCH3 is 1. The van der Waals surface area contributed by atoms with Crippen molar-refractivity contribution >= 4 is 34.7 Å². The van der Waals surface area contributed by atoms with E-state index in [0.717, 1.165) is 34.3 Å². The first-order valence-corrected chi connectivity index (χ1v) is 9.00. The predicted molar refractivity (Wildman–Crippen MR) is 105 cm³/mol. The normalized spacial score (nSPS) is 15.7. The third kappa shape index (κ3) is 3.91. The lowest BCUT2D eigenvalue weighted by Gasteiger charge is -2.16. The maximum absolute atomic E-state index is 12.6. The molecule has 2 amide bonds. The summed E-state index contributed by atoms with van der Waals surface area (Å²) in [6.45, 7) is 4.17. The van der Waals surface area contributed by atoms with Gasteiger partial charge in [-0.1, -0.05) is 29.8 Å². The summed E-state index contributed by atoms with van der Waals surface area (Å²) in [5, 5.41) is 2.90. The Hall–Kier alpha value is -2.73. The molecule has 134 valence electrons. The van der Waals surface area contributed by atoms with E-state index in [4.69, 9.17) is 4.74 Å². The van der Waals surface area contributed by atoms with Crippen molar-refractivity contribution in [3.63, 3.8) is 0 Å². The molecule has 6 heteroatoms. The molecule has 1 saturated heterocycles. The maximum atomic E-state index is 12.6. The van der Waals surface area contributed by atoms with Gasteiger partial charge in [0.1, 0.15) is 5.75 Å². The standard InChI is InChI=1S/C20H20N2O3S/c1-13-4-9-17(14(2)10-13)21-12-22-19(23)18(26-20(22)24)11-15-5-7-16(25-3)8-6-15/h4-11,21H,12H2,1-3H3/b18-11-. The van der Waals surface area contributed by atoms with E-state index in [-0.39, 0.29) is 17.8 Å². The van der Waals surface area contributed by atoms with Crippen LogP contribution in [0.25, 0.3) is 6.08 Å². The topological polar surface area (TPSA) is 58.6 Å². The zero-order chi connectivity index (χ0) is 18.7. The highest BCUT2D eigenvalue weighted by Gasteiger charge is 2.34. The Balaban J connectivity index is 1.70. The summed E-state index contributed by atoms with van der Waals surface area (Å²) >= 11 is 0.956. The van der Waals surface area contributed by atoms with E-state index >= 15 is 0 Å². The minimum atomic E-state index is -0.284. The minimum absolute atomic E-state index is 0.147. The van der Waals surface area contributed by atoms with Crippen LogP contribution in [0.15, 0.2) is 47.4 Å². The van der Waals surface area contributed by atoms with Crippen molar-refractivity contribution < 1.29 is 14.3 Å². The number of aryl methyl sites for hydroxylation is 2. The van der Waals surface area contributed by atoms with Crippen LogP contribution in [0.5, 0.6) is 5.75 Å². The van der Waals surface area contributed by atoms with Crippen LogP contribution in [0.4, 0.5) is 10.5 Å². The van der Waals surface area contributed by atoms with Crippen molar-refractivity contribution in [1.82, 2.24) is 4.90 Å². The highest BCUT2D eigenvalue weighted by atomic mass is 32.2. The number of amides is 2. The molecule has 0 unspecified atom stereocenters. The van der Waals surface area contributed by atoms with Crippen LogP contribution in [0.2, 0.25) is 0 Å². The van der Waals surface area contributed by atoms with Crippen LogP contribution in [0, 0.1) is 13.8 Å². The van der Waals surface area contributed by atoms with Crippen LogP contribution in [-0.4, -0.2) is 29.8 Å². The zero-order valence-corrected chi connectivity index (χ0v) is 15.7. The van der Waals surface area contributed by atoms with Crippen molar-refractivity contribution in [3.8, 4) is 5.75 Å². The molecule has 0 atom stereocenters. The Morgan fingerprint density at radius 3 is 2.50 bits per heavy atom. The second-order valence-electron chi connectivity index (χ2n) is 6.04. The average Bonchev–Trinajstić information content (AvgIpc) is 2.88. The van der Waals surface area contributed by atoms with Crippen LogP contribution in [0.1, 0.15) is 16.7 Å². The number of carbonyl (C=O) groups excluding carboxylic acids is 2. The second-order valence-corrected chi connectivity index (χ2v) is 7.03. The summed E-state index contributed by atoms with van der Waals surface area (Å²) in [7, 11) is 1.60. The Morgan fingerprint density at radius 1 is 1.12 bits per heavy atom. The predicted octanol–water partition coefficient (Wildman–Crippen LogP) is 4.42. The van der Waals surface area contributed by atoms with E-state index in [0.29, 0.717) is 4.91 Å². The molecule has 3 rings (SSSR count). The van der Waals surface area contributed by atoms with Gasteiger partial charge >= 0.3 is 0 Å². The zero-order valence-electron chi connectivity index (χ0n) is 14.9. The molecule has 1 fully saturated rings. The number of thioether (sulfide) groups is 1. The summed E-state index contributed by atoms with van der Waals surface area (Å²) in [5.74, 6) is 0.459. The molecule has 0 spiro atoms. The molecule has 1 N–H and O–H groups in total. The van der Waals surface area contributed by atoms with Gasteiger partial charge in [0.05, 0.1) is 18.7 Å². The van der Waals surface area contributed by atoms with Crippen LogP contribution < -0.4 is 10.1 Å². The largest absolute Gasteiger partial charge is 0.497 e. The molecule has 0 radical (unpaired) electrons. The fourth-order valence-corrected chi connectivity index (χ4v) is 3.50. The average molecular weight is 368 g/mol. The van der Waals surface area contributed by atoms with Crippen molar-refractivity contribution in [3.05, 3.63) is 64.1 Å². The summed E-state index contributed by atoms with van der Waals surface area (Å²) < 4.78 is 5.12. The number of carbonyl (C=O) groups is 2. The molecule has 0 saturated carbocycles. The lowest BCUT2D eigenvalue weighted by molar-refractivity contribution is -0.122. The number of hydrogen-bond acceptors (Lipinski definition) is 5. The fraction of sp³-hybridized carbons (Fsp3) is 0.200. The molecule has 1 aliphatic heterocycles. The molecule has 1 aliphatic rings. The number of hydrogen-bond donors (Lipinski definition) is 1. The van der Waals surface area contributed by atoms with Crippen LogP contribution in [-0.2, 0) is 4.79 Å². The van der Waals surface area contributed by atoms with Gasteiger partial charge in [0, 0.05) is 5.69 Å². The van der Waals surface area contributed by atoms with Gasteiger partial charge in [-0.3, -0.25) is 14.5 Å². The number of anilines is 1. The van der Waals surface area contributed by atoms with Crippen LogP contribution in [0.3, 0.4) is 0 Å². The quantitative estimate of drug-likeness (QED) is 0.792. The fourth-order valence-electron chi connectivity index (χ4n) is 2.66. The summed E-state index contributed by atoms with van der Waals surface area (Å²) in [5.41, 5.74) is 4.00. The Labute approximate surface area is 157 Å². The lowest BCUT2D eigenvalue weighted by atomic mass is 10.1. The SMILES string of the molecule is COc1ccc(/C=C2\SC(=O)N(CNc3ccc(C)cc3C)C2=O)cc1. The van der Waals surface area contributed by atoms with E-state index in [2.05, 4.69) is 11.4 Å². The van der Waals surface area contributed by atoms with Gasteiger partial charge in [-0.05, 0) is 61.0 Å². The van der Waals surface area contributed by atoms with Crippen molar-refractivity contribution in [1.29, 1.82) is 0 Å². The first-order chi connectivity index (χ1) is 12.5. The van der Waals surface area contributed by atoms with Gasteiger partial charge in [0.15, 0.2) is 0 Å². The monoisotopic (exact) mass is 368 g/mol. The summed E-state index contributed by atoms with van der Waals surface area (Å²) in [6.07, 6.45) is 1.72. The number of ether oxygens (including phenoxy) is 1. The van der Waals surface area contributed by atoms with Gasteiger partial charge in [-0.25, -0.2) is 0 Å². The van der Waals surface area contributed by atoms with Crippen LogP contribution >= 0.6 is 11.8 Å². The Kier molecular flexibility index (Phi) is 5.32. The molecule has 0 aromatic heterocycles. The molecule has 5 nitrogen and oxygen atoms in total. The third-order valence-corrected chi connectivity index (χ3v) is 5.00. The summed E-state index contributed by atoms with van der Waals surface area (Å²) in [6, 6.07) is 13.3. The molecule has 26 heavy (non-hydrogen) atoms. The summed E-state index contributed by atoms with van der Waals surface area (Å²) in [4.78, 5) is 26.4. The van der Waals surface area contributed by atoms with Crippen molar-refractivity contribution in [2.24, 2.45) is 0 Å². The number of nitrogens with one attached hydrogen (secondary N) is 1. The van der Waals surface area contributed by atoms with E-state index in [1.165, 1.54) is 10.5 Å². The molecule has 0 aliphatic carbocycles. The minimum Gasteiger partial charge on any atom is -0.497 e.